The molecule has 0 bridgehead atoms. The summed E-state index contributed by atoms with van der Waals surface area (Å²) in [5.41, 5.74) is 0. The van der Waals surface area contributed by atoms with Crippen molar-refractivity contribution in [1.29, 1.82) is 0 Å². The Hall–Kier alpha value is -2.89. The lowest BCUT2D eigenvalue weighted by molar-refractivity contribution is -0.302. The Labute approximate surface area is 383 Å². The van der Waals surface area contributed by atoms with Gasteiger partial charge in [-0.2, -0.15) is 0 Å². The number of carbonyl (C=O) groups is 1. The van der Waals surface area contributed by atoms with Gasteiger partial charge in [-0.15, -0.1) is 0 Å². The number of nitrogens with one attached hydrogen (secondary N) is 1. The lowest BCUT2D eigenvalue weighted by Gasteiger charge is -2.40. The molecule has 7 unspecified atom stereocenters. The Kier molecular flexibility index (Phi) is 39.7. The summed E-state index contributed by atoms with van der Waals surface area (Å²) in [6.07, 6.45) is 54.5. The first-order chi connectivity index (χ1) is 30.8. The zero-order valence-corrected chi connectivity index (χ0v) is 39.5. The predicted molar refractivity (Wildman–Crippen MR) is 262 cm³/mol. The SMILES string of the molecule is CC/C=C\C/C=C\C/C=C\C/C=C\C/C=C\C/C=C\C/C=C\C/C=C\CCCCCCCCCCC(=O)NC(COC1OC(CO)C(O)C(O)C1O)C(O)CCCCCCCCC. The molecule has 1 saturated heterocycles. The fourth-order valence-corrected chi connectivity index (χ4v) is 7.23. The van der Waals surface area contributed by atoms with Crippen LogP contribution >= 0.6 is 0 Å². The Morgan fingerprint density at radius 3 is 1.46 bits per heavy atom. The molecule has 360 valence electrons. The molecule has 0 spiro atoms. The summed E-state index contributed by atoms with van der Waals surface area (Å²) < 4.78 is 11.2. The van der Waals surface area contributed by atoms with Crippen LogP contribution in [0.2, 0.25) is 0 Å². The zero-order chi connectivity index (χ0) is 45.9. The average Bonchev–Trinajstić information content (AvgIpc) is 3.28. The number of aliphatic hydroxyl groups is 5. The molecule has 0 saturated carbocycles. The number of aliphatic hydroxyl groups excluding tert-OH is 5. The molecule has 0 radical (unpaired) electrons. The summed E-state index contributed by atoms with van der Waals surface area (Å²) in [6.45, 7) is 3.64. The maximum absolute atomic E-state index is 12.9. The van der Waals surface area contributed by atoms with Crippen LogP contribution in [-0.2, 0) is 14.3 Å². The molecular weight excluding hydrogens is 791 g/mol. The Bertz CT molecular complexity index is 1300. The highest BCUT2D eigenvalue weighted by Crippen LogP contribution is 2.23. The van der Waals surface area contributed by atoms with Gasteiger partial charge < -0.3 is 40.3 Å². The zero-order valence-electron chi connectivity index (χ0n) is 39.5. The minimum atomic E-state index is -1.56. The number of carbonyl (C=O) groups excluding carboxylic acids is 1. The van der Waals surface area contributed by atoms with Crippen LogP contribution in [0.25, 0.3) is 0 Å². The fraction of sp³-hybridized carbons (Fsp3) is 0.685. The van der Waals surface area contributed by atoms with E-state index < -0.39 is 49.5 Å². The van der Waals surface area contributed by atoms with E-state index in [1.807, 2.05) is 0 Å². The van der Waals surface area contributed by atoms with Crippen LogP contribution in [0.4, 0.5) is 0 Å². The van der Waals surface area contributed by atoms with Crippen LogP contribution in [0.1, 0.15) is 181 Å². The van der Waals surface area contributed by atoms with Crippen molar-refractivity contribution in [2.75, 3.05) is 13.2 Å². The van der Waals surface area contributed by atoms with E-state index in [1.165, 1.54) is 51.4 Å². The van der Waals surface area contributed by atoms with E-state index in [0.29, 0.717) is 12.8 Å². The predicted octanol–water partition coefficient (Wildman–Crippen LogP) is 11.3. The number of hydrogen-bond donors (Lipinski definition) is 6. The summed E-state index contributed by atoms with van der Waals surface area (Å²) >= 11 is 0. The van der Waals surface area contributed by atoms with Crippen LogP contribution in [0.3, 0.4) is 0 Å². The molecule has 63 heavy (non-hydrogen) atoms. The monoisotopic (exact) mass is 882 g/mol. The average molecular weight is 882 g/mol. The van der Waals surface area contributed by atoms with E-state index in [-0.39, 0.29) is 12.5 Å². The summed E-state index contributed by atoms with van der Waals surface area (Å²) in [5.74, 6) is -0.163. The van der Waals surface area contributed by atoms with Crippen LogP contribution < -0.4 is 5.32 Å². The number of hydrogen-bond acceptors (Lipinski definition) is 8. The molecule has 9 heteroatoms. The molecule has 9 nitrogen and oxygen atoms in total. The van der Waals surface area contributed by atoms with Gasteiger partial charge in [0.25, 0.3) is 0 Å². The summed E-state index contributed by atoms with van der Waals surface area (Å²) in [7, 11) is 0. The van der Waals surface area contributed by atoms with Gasteiger partial charge in [-0.1, -0.05) is 195 Å². The van der Waals surface area contributed by atoms with Gasteiger partial charge in [0.2, 0.25) is 5.91 Å². The molecule has 0 aromatic carbocycles. The van der Waals surface area contributed by atoms with Crippen LogP contribution in [0.5, 0.6) is 0 Å². The summed E-state index contributed by atoms with van der Waals surface area (Å²) in [4.78, 5) is 12.9. The Morgan fingerprint density at radius 1 is 0.556 bits per heavy atom. The topological polar surface area (TPSA) is 149 Å². The van der Waals surface area contributed by atoms with Crippen molar-refractivity contribution in [3.8, 4) is 0 Å². The van der Waals surface area contributed by atoms with Gasteiger partial charge in [0.1, 0.15) is 24.4 Å². The molecule has 1 fully saturated rings. The molecule has 1 amide bonds. The van der Waals surface area contributed by atoms with Crippen molar-refractivity contribution < 1.29 is 39.8 Å². The largest absolute Gasteiger partial charge is 0.394 e. The number of amides is 1. The van der Waals surface area contributed by atoms with Gasteiger partial charge in [0.15, 0.2) is 6.29 Å². The van der Waals surface area contributed by atoms with Crippen LogP contribution in [0.15, 0.2) is 97.2 Å². The summed E-state index contributed by atoms with van der Waals surface area (Å²) in [5, 5.41) is 54.1. The van der Waals surface area contributed by atoms with Gasteiger partial charge in [0, 0.05) is 6.42 Å². The first kappa shape index (κ1) is 58.1. The number of unbranched alkanes of at least 4 members (excludes halogenated alkanes) is 14. The molecule has 1 aliphatic heterocycles. The van der Waals surface area contributed by atoms with Crippen molar-refractivity contribution in [3.63, 3.8) is 0 Å². The fourth-order valence-electron chi connectivity index (χ4n) is 7.23. The molecule has 1 heterocycles. The van der Waals surface area contributed by atoms with E-state index in [2.05, 4.69) is 116 Å². The van der Waals surface area contributed by atoms with Crippen molar-refractivity contribution >= 4 is 5.91 Å². The minimum absolute atomic E-state index is 0.148. The first-order valence-corrected chi connectivity index (χ1v) is 24.9. The van der Waals surface area contributed by atoms with Crippen LogP contribution in [0, 0.1) is 0 Å². The van der Waals surface area contributed by atoms with Crippen molar-refractivity contribution in [2.45, 2.75) is 224 Å². The second-order valence-corrected chi connectivity index (χ2v) is 16.9. The van der Waals surface area contributed by atoms with E-state index in [4.69, 9.17) is 9.47 Å². The van der Waals surface area contributed by atoms with Gasteiger partial charge in [-0.3, -0.25) is 4.79 Å². The lowest BCUT2D eigenvalue weighted by Crippen LogP contribution is -2.60. The molecule has 1 aliphatic rings. The van der Waals surface area contributed by atoms with Gasteiger partial charge in [0.05, 0.1) is 25.4 Å². The third kappa shape index (κ3) is 33.3. The maximum Gasteiger partial charge on any atom is 0.220 e. The van der Waals surface area contributed by atoms with Crippen molar-refractivity contribution in [2.24, 2.45) is 0 Å². The smallest absolute Gasteiger partial charge is 0.220 e. The summed E-state index contributed by atoms with van der Waals surface area (Å²) in [6, 6.07) is -0.727. The molecule has 7 atom stereocenters. The highest BCUT2D eigenvalue weighted by molar-refractivity contribution is 5.76. The maximum atomic E-state index is 12.9. The third-order valence-corrected chi connectivity index (χ3v) is 11.2. The van der Waals surface area contributed by atoms with Crippen molar-refractivity contribution in [1.82, 2.24) is 5.32 Å². The highest BCUT2D eigenvalue weighted by atomic mass is 16.7. The van der Waals surface area contributed by atoms with Gasteiger partial charge in [-0.05, 0) is 77.0 Å². The Morgan fingerprint density at radius 2 is 0.984 bits per heavy atom. The minimum Gasteiger partial charge on any atom is -0.394 e. The van der Waals surface area contributed by atoms with Gasteiger partial charge >= 0.3 is 0 Å². The standard InChI is InChI=1S/C54H91NO8/c1-3-5-7-9-11-12-13-14-15-16-17-18-19-20-21-22-23-24-25-26-27-28-29-30-31-32-33-34-35-36-38-40-42-44-50(58)55-47(48(57)43-41-39-37-10-8-6-4-2)46-62-54-53(61)52(60)51(59)49(45-56)63-54/h5,7,11-12,14-15,17-18,20-21,23-24,26-27,29-30,47-49,51-54,56-57,59-61H,3-4,6,8-10,13,16,19,22,25,28,31-46H2,1-2H3,(H,55,58)/b7-5-,12-11-,15-14-,18-17-,21-20-,24-23-,27-26-,30-29-. The van der Waals surface area contributed by atoms with E-state index in [0.717, 1.165) is 103 Å². The van der Waals surface area contributed by atoms with Crippen LogP contribution in [-0.4, -0.2) is 87.5 Å². The van der Waals surface area contributed by atoms with E-state index >= 15 is 0 Å². The quantitative estimate of drug-likeness (QED) is 0.0263. The van der Waals surface area contributed by atoms with E-state index in [1.54, 1.807) is 0 Å². The number of ether oxygens (including phenoxy) is 2. The third-order valence-electron chi connectivity index (χ3n) is 11.2. The normalized spacial score (nSPS) is 21.0. The second-order valence-electron chi connectivity index (χ2n) is 16.9. The molecule has 0 aliphatic carbocycles. The lowest BCUT2D eigenvalue weighted by atomic mass is 9.99. The Balaban J connectivity index is 2.14. The van der Waals surface area contributed by atoms with E-state index in [9.17, 15) is 30.3 Å². The second kappa shape index (κ2) is 43.0. The van der Waals surface area contributed by atoms with Crippen molar-refractivity contribution in [3.05, 3.63) is 97.2 Å². The highest BCUT2D eigenvalue weighted by Gasteiger charge is 2.44. The van der Waals surface area contributed by atoms with Gasteiger partial charge in [-0.25, -0.2) is 0 Å². The number of allylic oxidation sites excluding steroid dienone is 16. The molecule has 1 rings (SSSR count). The molecule has 0 aromatic heterocycles. The molecule has 6 N–H and O–H groups in total. The number of rotatable bonds is 40. The molecular formula is C54H91NO8. The first-order valence-electron chi connectivity index (χ1n) is 24.9. The molecule has 0 aromatic rings.